The summed E-state index contributed by atoms with van der Waals surface area (Å²) in [7, 11) is -3.80. The van der Waals surface area contributed by atoms with Crippen LogP contribution in [0.5, 0.6) is 0 Å². The Hall–Kier alpha value is -1.51. The van der Waals surface area contributed by atoms with Gasteiger partial charge in [-0.3, -0.25) is 10.1 Å². The van der Waals surface area contributed by atoms with Crippen molar-refractivity contribution in [2.24, 2.45) is 5.73 Å². The first kappa shape index (κ1) is 15.9. The van der Waals surface area contributed by atoms with Gasteiger partial charge in [0.2, 0.25) is 10.0 Å². The van der Waals surface area contributed by atoms with E-state index in [-0.39, 0.29) is 10.6 Å². The molecule has 2 rings (SSSR count). The van der Waals surface area contributed by atoms with Crippen molar-refractivity contribution in [2.45, 2.75) is 43.7 Å². The van der Waals surface area contributed by atoms with Crippen LogP contribution in [0.1, 0.15) is 31.2 Å². The van der Waals surface area contributed by atoms with Crippen LogP contribution in [0, 0.1) is 17.0 Å². The maximum absolute atomic E-state index is 12.7. The van der Waals surface area contributed by atoms with E-state index in [9.17, 15) is 18.5 Å². The van der Waals surface area contributed by atoms with Gasteiger partial charge in [-0.2, -0.15) is 4.31 Å². The molecule has 0 aromatic heterocycles. The van der Waals surface area contributed by atoms with Crippen molar-refractivity contribution in [1.29, 1.82) is 0 Å². The zero-order valence-corrected chi connectivity index (χ0v) is 12.7. The average molecular weight is 313 g/mol. The first-order chi connectivity index (χ1) is 9.84. The van der Waals surface area contributed by atoms with E-state index in [0.29, 0.717) is 18.5 Å². The molecule has 2 N–H and O–H groups in total. The van der Waals surface area contributed by atoms with Gasteiger partial charge in [0.1, 0.15) is 0 Å². The molecule has 1 aromatic rings. The highest BCUT2D eigenvalue weighted by molar-refractivity contribution is 7.89. The van der Waals surface area contributed by atoms with Crippen molar-refractivity contribution in [3.05, 3.63) is 33.9 Å². The summed E-state index contributed by atoms with van der Waals surface area (Å²) in [6.45, 7) is 1.93. The number of nitrogens with two attached hydrogens (primary N) is 1. The summed E-state index contributed by atoms with van der Waals surface area (Å²) < 4.78 is 26.6. The van der Waals surface area contributed by atoms with Crippen molar-refractivity contribution in [2.75, 3.05) is 6.54 Å². The molecule has 1 aliphatic rings. The number of hydrogen-bond acceptors (Lipinski definition) is 5. The quantitative estimate of drug-likeness (QED) is 0.676. The number of nitro groups is 1. The molecule has 1 saturated heterocycles. The molecule has 1 aliphatic heterocycles. The molecule has 1 unspecified atom stereocenters. The van der Waals surface area contributed by atoms with Gasteiger partial charge in [-0.25, -0.2) is 8.42 Å². The second-order valence-electron chi connectivity index (χ2n) is 5.24. The van der Waals surface area contributed by atoms with Crippen molar-refractivity contribution in [3.63, 3.8) is 0 Å². The first-order valence-corrected chi connectivity index (χ1v) is 8.30. The van der Waals surface area contributed by atoms with Gasteiger partial charge in [-0.15, -0.1) is 0 Å². The number of aryl methyl sites for hydroxylation is 1. The maximum Gasteiger partial charge on any atom is 0.273 e. The Morgan fingerprint density at radius 1 is 1.33 bits per heavy atom. The fourth-order valence-corrected chi connectivity index (χ4v) is 4.09. The van der Waals surface area contributed by atoms with E-state index in [2.05, 4.69) is 0 Å². The van der Waals surface area contributed by atoms with Crippen LogP contribution in [0.2, 0.25) is 0 Å². The minimum Gasteiger partial charge on any atom is -0.315 e. The van der Waals surface area contributed by atoms with Crippen LogP contribution in [0.3, 0.4) is 0 Å². The highest BCUT2D eigenvalue weighted by Crippen LogP contribution is 2.27. The van der Waals surface area contributed by atoms with Crippen molar-refractivity contribution in [1.82, 2.24) is 4.31 Å². The Balaban J connectivity index is 2.43. The number of sulfonamides is 1. The highest BCUT2D eigenvalue weighted by Gasteiger charge is 2.31. The largest absolute Gasteiger partial charge is 0.315 e. The molecule has 1 atom stereocenters. The van der Waals surface area contributed by atoms with Gasteiger partial charge in [-0.05, 0) is 25.8 Å². The van der Waals surface area contributed by atoms with Crippen LogP contribution < -0.4 is 5.73 Å². The Morgan fingerprint density at radius 2 is 2.05 bits per heavy atom. The molecule has 0 spiro atoms. The molecular weight excluding hydrogens is 294 g/mol. The molecule has 7 nitrogen and oxygen atoms in total. The van der Waals surface area contributed by atoms with E-state index in [1.807, 2.05) is 0 Å². The third kappa shape index (κ3) is 3.22. The first-order valence-electron chi connectivity index (χ1n) is 6.86. The number of nitrogens with zero attached hydrogens (tertiary/aromatic N) is 2. The molecule has 116 valence electrons. The van der Waals surface area contributed by atoms with E-state index < -0.39 is 21.1 Å². The molecule has 0 saturated carbocycles. The Kier molecular flexibility index (Phi) is 4.60. The fraction of sp³-hybridized carbons (Fsp3) is 0.538. The topological polar surface area (TPSA) is 107 Å². The van der Waals surface area contributed by atoms with Gasteiger partial charge in [0.15, 0.2) is 0 Å². The molecule has 1 fully saturated rings. The van der Waals surface area contributed by atoms with Crippen LogP contribution in [0.25, 0.3) is 0 Å². The smallest absolute Gasteiger partial charge is 0.273 e. The third-order valence-corrected chi connectivity index (χ3v) is 5.65. The summed E-state index contributed by atoms with van der Waals surface area (Å²) in [6, 6.07) is 3.96. The second kappa shape index (κ2) is 6.08. The van der Waals surface area contributed by atoms with Crippen LogP contribution >= 0.6 is 0 Å². The summed E-state index contributed by atoms with van der Waals surface area (Å²) in [6.07, 6.45) is 2.61. The predicted octanol–water partition coefficient (Wildman–Crippen LogP) is 1.75. The van der Waals surface area contributed by atoms with Crippen molar-refractivity contribution in [3.8, 4) is 0 Å². The summed E-state index contributed by atoms with van der Waals surface area (Å²) in [5.74, 6) is 0. The van der Waals surface area contributed by atoms with E-state index in [0.717, 1.165) is 25.3 Å². The average Bonchev–Trinajstić information content (AvgIpc) is 2.63. The van der Waals surface area contributed by atoms with Gasteiger partial charge < -0.3 is 5.73 Å². The SMILES string of the molecule is Cc1ccc(S(=O)(=O)N2CCCCCC2N)cc1[N+](=O)[O-]. The van der Waals surface area contributed by atoms with Crippen LogP contribution in [-0.4, -0.2) is 30.4 Å². The molecule has 0 aliphatic carbocycles. The number of rotatable bonds is 3. The molecule has 0 bridgehead atoms. The Labute approximate surface area is 123 Å². The minimum absolute atomic E-state index is 0.0721. The lowest BCUT2D eigenvalue weighted by molar-refractivity contribution is -0.385. The number of hydrogen-bond donors (Lipinski definition) is 1. The van der Waals surface area contributed by atoms with Gasteiger partial charge in [0.25, 0.3) is 5.69 Å². The molecule has 0 radical (unpaired) electrons. The van der Waals surface area contributed by atoms with Gasteiger partial charge in [0.05, 0.1) is 16.0 Å². The maximum atomic E-state index is 12.7. The zero-order chi connectivity index (χ0) is 15.6. The predicted molar refractivity (Wildman–Crippen MR) is 78.2 cm³/mol. The summed E-state index contributed by atoms with van der Waals surface area (Å²) in [5.41, 5.74) is 6.18. The standard InChI is InChI=1S/C13H19N3O4S/c1-10-6-7-11(9-12(10)16(17)18)21(19,20)15-8-4-2-3-5-13(15)14/h6-7,9,13H,2-5,8,14H2,1H3. The molecule has 1 aromatic carbocycles. The molecule has 0 amide bonds. The number of nitro benzene ring substituents is 1. The minimum atomic E-state index is -3.80. The van der Waals surface area contributed by atoms with Crippen LogP contribution in [0.15, 0.2) is 23.1 Å². The van der Waals surface area contributed by atoms with Crippen molar-refractivity contribution >= 4 is 15.7 Å². The van der Waals surface area contributed by atoms with E-state index >= 15 is 0 Å². The second-order valence-corrected chi connectivity index (χ2v) is 7.13. The lowest BCUT2D eigenvalue weighted by atomic mass is 10.2. The Bertz CT molecular complexity index is 645. The molecule has 8 heteroatoms. The zero-order valence-electron chi connectivity index (χ0n) is 11.9. The normalized spacial score (nSPS) is 21.0. The van der Waals surface area contributed by atoms with Gasteiger partial charge >= 0.3 is 0 Å². The summed E-state index contributed by atoms with van der Waals surface area (Å²) in [5, 5.41) is 11.0. The molecule has 1 heterocycles. The monoisotopic (exact) mass is 313 g/mol. The lowest BCUT2D eigenvalue weighted by Crippen LogP contribution is -2.45. The van der Waals surface area contributed by atoms with E-state index in [1.165, 1.54) is 16.4 Å². The fourth-order valence-electron chi connectivity index (χ4n) is 2.49. The lowest BCUT2D eigenvalue weighted by Gasteiger charge is -2.25. The molecular formula is C13H19N3O4S. The third-order valence-electron chi connectivity index (χ3n) is 3.73. The Morgan fingerprint density at radius 3 is 2.71 bits per heavy atom. The summed E-state index contributed by atoms with van der Waals surface area (Å²) >= 11 is 0. The summed E-state index contributed by atoms with van der Waals surface area (Å²) in [4.78, 5) is 10.3. The van der Waals surface area contributed by atoms with E-state index in [4.69, 9.17) is 5.73 Å². The van der Waals surface area contributed by atoms with Gasteiger partial charge in [-0.1, -0.05) is 18.9 Å². The number of benzene rings is 1. The highest BCUT2D eigenvalue weighted by atomic mass is 32.2. The van der Waals surface area contributed by atoms with Crippen molar-refractivity contribution < 1.29 is 13.3 Å². The molecule has 21 heavy (non-hydrogen) atoms. The van der Waals surface area contributed by atoms with Crippen LogP contribution in [0.4, 0.5) is 5.69 Å². The van der Waals surface area contributed by atoms with Gasteiger partial charge in [0, 0.05) is 18.2 Å². The van der Waals surface area contributed by atoms with Crippen LogP contribution in [-0.2, 0) is 10.0 Å². The van der Waals surface area contributed by atoms with E-state index in [1.54, 1.807) is 6.92 Å².